The van der Waals surface area contributed by atoms with Crippen molar-refractivity contribution in [3.05, 3.63) is 70.4 Å². The van der Waals surface area contributed by atoms with Gasteiger partial charge in [0.05, 0.1) is 18.3 Å². The lowest BCUT2D eigenvalue weighted by Gasteiger charge is -2.19. The molecule has 13 heteroatoms. The molecule has 0 heterocycles. The third kappa shape index (κ3) is 5.91. The largest absolute Gasteiger partial charge is 0.743 e. The summed E-state index contributed by atoms with van der Waals surface area (Å²) in [7, 11) is -6.03. The van der Waals surface area contributed by atoms with Crippen LogP contribution in [0, 0.1) is 10.7 Å². The lowest BCUT2D eigenvalue weighted by atomic mass is 9.99. The van der Waals surface area contributed by atoms with Gasteiger partial charge < -0.3 is 14.0 Å². The van der Waals surface area contributed by atoms with Gasteiger partial charge in [0.25, 0.3) is 0 Å². The minimum atomic E-state index is -6.03. The highest BCUT2D eigenvalue weighted by Crippen LogP contribution is 2.32. The first-order chi connectivity index (χ1) is 15.3. The Morgan fingerprint density at radius 1 is 0.939 bits per heavy atom. The Balaban J connectivity index is 2.00. The number of fused-ring (bicyclic) bond motifs is 1. The number of hydrogen-bond acceptors (Lipinski definition) is 7. The fraction of sp³-hybridized carbons (Fsp3) is 0.100. The SMILES string of the molecule is O=C(OCC(F)(F)S(=O)(=O)[O-])c1cccc2cccc(C(=O)Oc3c(I)cc(I)cc3I)c12. The smallest absolute Gasteiger partial charge is 0.367 e. The van der Waals surface area contributed by atoms with Crippen LogP contribution in [0.4, 0.5) is 8.78 Å². The summed E-state index contributed by atoms with van der Waals surface area (Å²) in [6, 6.07) is 12.4. The fourth-order valence-corrected chi connectivity index (χ4v) is 6.76. The molecule has 7 nitrogen and oxygen atoms in total. The van der Waals surface area contributed by atoms with E-state index in [0.29, 0.717) is 18.3 Å². The number of benzene rings is 3. The third-order valence-electron chi connectivity index (χ3n) is 4.24. The Hall–Kier alpha value is -1.18. The highest BCUT2D eigenvalue weighted by Gasteiger charge is 2.39. The van der Waals surface area contributed by atoms with Gasteiger partial charge in [-0.05, 0) is 97.4 Å². The van der Waals surface area contributed by atoms with E-state index in [0.717, 1.165) is 3.57 Å². The van der Waals surface area contributed by atoms with E-state index < -0.39 is 33.9 Å². The van der Waals surface area contributed by atoms with Crippen molar-refractivity contribution in [1.82, 2.24) is 0 Å². The Morgan fingerprint density at radius 2 is 1.45 bits per heavy atom. The van der Waals surface area contributed by atoms with Crippen molar-refractivity contribution in [2.45, 2.75) is 5.25 Å². The van der Waals surface area contributed by atoms with Crippen LogP contribution in [-0.2, 0) is 14.9 Å². The lowest BCUT2D eigenvalue weighted by Crippen LogP contribution is -2.34. The molecule has 0 radical (unpaired) electrons. The fourth-order valence-electron chi connectivity index (χ4n) is 2.75. The summed E-state index contributed by atoms with van der Waals surface area (Å²) in [6.45, 7) is -1.96. The summed E-state index contributed by atoms with van der Waals surface area (Å²) in [5.74, 6) is -1.81. The molecule has 0 saturated heterocycles. The van der Waals surface area contributed by atoms with Crippen LogP contribution in [-0.4, -0.2) is 36.8 Å². The average Bonchev–Trinajstić information content (AvgIpc) is 2.72. The minimum Gasteiger partial charge on any atom is -0.743 e. The first kappa shape index (κ1) is 26.4. The van der Waals surface area contributed by atoms with Gasteiger partial charge in [0, 0.05) is 8.96 Å². The normalized spacial score (nSPS) is 11.9. The molecule has 0 spiro atoms. The van der Waals surface area contributed by atoms with Crippen LogP contribution in [0.15, 0.2) is 48.5 Å². The predicted molar refractivity (Wildman–Crippen MR) is 138 cm³/mol. The van der Waals surface area contributed by atoms with Crippen LogP contribution in [0.5, 0.6) is 5.75 Å². The topological polar surface area (TPSA) is 110 Å². The van der Waals surface area contributed by atoms with E-state index >= 15 is 0 Å². The molecule has 3 aromatic carbocycles. The monoisotopic (exact) mass is 813 g/mol. The molecule has 0 N–H and O–H groups in total. The molecule has 0 fully saturated rings. The quantitative estimate of drug-likeness (QED) is 0.146. The van der Waals surface area contributed by atoms with Crippen molar-refractivity contribution in [3.8, 4) is 5.75 Å². The van der Waals surface area contributed by atoms with E-state index in [9.17, 15) is 31.3 Å². The van der Waals surface area contributed by atoms with E-state index in [-0.39, 0.29) is 16.5 Å². The molecule has 0 aromatic heterocycles. The van der Waals surface area contributed by atoms with Gasteiger partial charge in [-0.25, -0.2) is 18.0 Å². The summed E-state index contributed by atoms with van der Waals surface area (Å²) in [6.07, 6.45) is 0. The van der Waals surface area contributed by atoms with Gasteiger partial charge in [-0.2, -0.15) is 8.78 Å². The second-order valence-corrected chi connectivity index (χ2v) is 11.5. The number of halogens is 5. The minimum absolute atomic E-state index is 0.0339. The molecule has 0 bridgehead atoms. The Bertz CT molecular complexity index is 1350. The van der Waals surface area contributed by atoms with E-state index in [1.807, 2.05) is 57.3 Å². The molecule has 3 rings (SSSR count). The van der Waals surface area contributed by atoms with Crippen molar-refractivity contribution in [2.75, 3.05) is 6.61 Å². The number of hydrogen-bond donors (Lipinski definition) is 0. The van der Waals surface area contributed by atoms with Crippen molar-refractivity contribution in [1.29, 1.82) is 0 Å². The maximum Gasteiger partial charge on any atom is 0.367 e. The summed E-state index contributed by atoms with van der Waals surface area (Å²) < 4.78 is 71.1. The van der Waals surface area contributed by atoms with Gasteiger partial charge in [0.15, 0.2) is 22.5 Å². The summed E-state index contributed by atoms with van der Waals surface area (Å²) in [5.41, 5.74) is -0.306. The second kappa shape index (κ2) is 10.2. The summed E-state index contributed by atoms with van der Waals surface area (Å²) in [4.78, 5) is 25.5. The van der Waals surface area contributed by atoms with Crippen LogP contribution in [0.2, 0.25) is 0 Å². The molecule has 0 amide bonds. The first-order valence-corrected chi connectivity index (χ1v) is 13.3. The number of carbonyl (C=O) groups excluding carboxylic acids is 2. The second-order valence-electron chi connectivity index (χ2n) is 6.46. The molecule has 0 atom stereocenters. The van der Waals surface area contributed by atoms with Crippen LogP contribution >= 0.6 is 67.8 Å². The number of rotatable bonds is 6. The molecular formula is C20H10F2I3O7S-. The van der Waals surface area contributed by atoms with Gasteiger partial charge in [0.2, 0.25) is 0 Å². The van der Waals surface area contributed by atoms with Gasteiger partial charge in [-0.1, -0.05) is 24.3 Å². The van der Waals surface area contributed by atoms with Crippen molar-refractivity contribution >= 4 is 101 Å². The molecular weight excluding hydrogens is 803 g/mol. The van der Waals surface area contributed by atoms with Gasteiger partial charge in [0.1, 0.15) is 0 Å². The summed E-state index contributed by atoms with van der Waals surface area (Å²) in [5, 5.41) is -4.32. The Labute approximate surface area is 227 Å². The molecule has 174 valence electrons. The van der Waals surface area contributed by atoms with Crippen molar-refractivity contribution in [3.63, 3.8) is 0 Å². The van der Waals surface area contributed by atoms with E-state index in [1.165, 1.54) is 18.2 Å². The lowest BCUT2D eigenvalue weighted by molar-refractivity contribution is -0.00984. The maximum atomic E-state index is 13.4. The van der Waals surface area contributed by atoms with Gasteiger partial charge in [-0.3, -0.25) is 0 Å². The highest BCUT2D eigenvalue weighted by atomic mass is 127. The van der Waals surface area contributed by atoms with E-state index in [2.05, 4.69) is 27.3 Å². The Morgan fingerprint density at radius 3 is 1.97 bits per heavy atom. The highest BCUT2D eigenvalue weighted by molar-refractivity contribution is 14.1. The Kier molecular flexibility index (Phi) is 8.17. The number of ether oxygens (including phenoxy) is 2. The third-order valence-corrected chi connectivity index (χ3v) is 7.31. The maximum absolute atomic E-state index is 13.4. The van der Waals surface area contributed by atoms with Crippen LogP contribution in [0.3, 0.4) is 0 Å². The van der Waals surface area contributed by atoms with Crippen LogP contribution in [0.25, 0.3) is 10.8 Å². The average molecular weight is 813 g/mol. The molecule has 0 aliphatic carbocycles. The van der Waals surface area contributed by atoms with Crippen molar-refractivity contribution < 1.29 is 40.8 Å². The van der Waals surface area contributed by atoms with E-state index in [1.54, 1.807) is 18.2 Å². The number of carbonyl (C=O) groups is 2. The van der Waals surface area contributed by atoms with Gasteiger partial charge >= 0.3 is 17.2 Å². The molecule has 33 heavy (non-hydrogen) atoms. The molecule has 3 aromatic rings. The molecule has 0 unspecified atom stereocenters. The predicted octanol–water partition coefficient (Wildman–Crippen LogP) is 5.17. The first-order valence-electron chi connectivity index (χ1n) is 8.70. The molecule has 0 saturated carbocycles. The van der Waals surface area contributed by atoms with Crippen LogP contribution < -0.4 is 4.74 Å². The summed E-state index contributed by atoms with van der Waals surface area (Å²) >= 11 is 6.16. The van der Waals surface area contributed by atoms with E-state index in [4.69, 9.17) is 4.74 Å². The zero-order valence-corrected chi connectivity index (χ0v) is 23.3. The standard InChI is InChI=1S/C20H11F2I3O7S/c21-20(22,33(28,29)30)9-31-18(26)12-5-1-3-10-4-2-6-13(16(10)12)19(27)32-17-14(24)7-11(23)8-15(17)25/h1-8H,9H2,(H,28,29,30)/p-1. The molecule has 0 aliphatic rings. The number of alkyl halides is 2. The molecule has 0 aliphatic heterocycles. The number of esters is 2. The van der Waals surface area contributed by atoms with Crippen molar-refractivity contribution in [2.24, 2.45) is 0 Å². The zero-order chi connectivity index (χ0) is 24.6. The van der Waals surface area contributed by atoms with Crippen LogP contribution in [0.1, 0.15) is 20.7 Å². The zero-order valence-electron chi connectivity index (χ0n) is 16.0. The van der Waals surface area contributed by atoms with Gasteiger partial charge in [-0.15, -0.1) is 0 Å².